The summed E-state index contributed by atoms with van der Waals surface area (Å²) in [4.78, 5) is 0. The molecule has 12 heavy (non-hydrogen) atoms. The van der Waals surface area contributed by atoms with E-state index in [1.54, 1.807) is 0 Å². The van der Waals surface area contributed by atoms with Gasteiger partial charge in [-0.1, -0.05) is 32.9 Å². The van der Waals surface area contributed by atoms with Crippen molar-refractivity contribution in [2.75, 3.05) is 13.1 Å². The van der Waals surface area contributed by atoms with Crippen molar-refractivity contribution in [3.63, 3.8) is 0 Å². The van der Waals surface area contributed by atoms with Gasteiger partial charge in [0.2, 0.25) is 0 Å². The topological polar surface area (TPSA) is 12.0 Å². The molecule has 1 N–H and O–H groups in total. The van der Waals surface area contributed by atoms with Gasteiger partial charge in [-0.2, -0.15) is 0 Å². The molecule has 1 fully saturated rings. The van der Waals surface area contributed by atoms with Gasteiger partial charge in [0.15, 0.2) is 0 Å². The van der Waals surface area contributed by atoms with E-state index >= 15 is 0 Å². The molecule has 1 heteroatoms. The molecule has 1 aliphatic heterocycles. The molecule has 0 aromatic rings. The third-order valence-corrected chi connectivity index (χ3v) is 2.42. The minimum atomic E-state index is 0.765. The van der Waals surface area contributed by atoms with Crippen molar-refractivity contribution in [2.24, 2.45) is 11.8 Å². The number of allylic oxidation sites excluding steroid dienone is 1. The highest BCUT2D eigenvalue weighted by atomic mass is 14.9. The molecule has 0 saturated carbocycles. The third kappa shape index (κ3) is 3.40. The summed E-state index contributed by atoms with van der Waals surface area (Å²) in [6, 6.07) is 0. The van der Waals surface area contributed by atoms with Crippen molar-refractivity contribution in [3.8, 4) is 0 Å². The Morgan fingerprint density at radius 2 is 2.00 bits per heavy atom. The van der Waals surface area contributed by atoms with Crippen LogP contribution in [0.1, 0.15) is 34.1 Å². The normalized spacial score (nSPS) is 28.7. The van der Waals surface area contributed by atoms with Crippen LogP contribution in [-0.4, -0.2) is 13.1 Å². The van der Waals surface area contributed by atoms with Gasteiger partial charge in [-0.15, -0.1) is 0 Å². The molecule has 0 amide bonds. The SMILES string of the molecule is C=C(C)C1CCNCC1C.CC. The lowest BCUT2D eigenvalue weighted by molar-refractivity contribution is 0.312. The van der Waals surface area contributed by atoms with E-state index in [0.717, 1.165) is 18.4 Å². The van der Waals surface area contributed by atoms with Crippen molar-refractivity contribution in [1.29, 1.82) is 0 Å². The van der Waals surface area contributed by atoms with Crippen LogP contribution in [-0.2, 0) is 0 Å². The fraction of sp³-hybridized carbons (Fsp3) is 0.818. The highest BCUT2D eigenvalue weighted by molar-refractivity contribution is 5.00. The maximum Gasteiger partial charge on any atom is -0.00174 e. The van der Waals surface area contributed by atoms with Gasteiger partial charge in [-0.3, -0.25) is 0 Å². The van der Waals surface area contributed by atoms with E-state index in [1.807, 2.05) is 13.8 Å². The van der Waals surface area contributed by atoms with Crippen molar-refractivity contribution in [3.05, 3.63) is 12.2 Å². The second-order valence-corrected chi connectivity index (χ2v) is 3.42. The van der Waals surface area contributed by atoms with Crippen molar-refractivity contribution in [2.45, 2.75) is 34.1 Å². The summed E-state index contributed by atoms with van der Waals surface area (Å²) in [5.41, 5.74) is 1.36. The van der Waals surface area contributed by atoms with Crippen LogP contribution in [0, 0.1) is 11.8 Å². The summed E-state index contributed by atoms with van der Waals surface area (Å²) in [6.07, 6.45) is 1.27. The Morgan fingerprint density at radius 3 is 2.33 bits per heavy atom. The van der Waals surface area contributed by atoms with Crippen LogP contribution < -0.4 is 5.32 Å². The first-order valence-corrected chi connectivity index (χ1v) is 5.08. The molecule has 1 rings (SSSR count). The van der Waals surface area contributed by atoms with Crippen LogP contribution in [0.3, 0.4) is 0 Å². The Bertz CT molecular complexity index is 129. The zero-order chi connectivity index (χ0) is 9.56. The monoisotopic (exact) mass is 169 g/mol. The van der Waals surface area contributed by atoms with E-state index in [2.05, 4.69) is 25.7 Å². The molecule has 72 valence electrons. The number of rotatable bonds is 1. The van der Waals surface area contributed by atoms with Crippen molar-refractivity contribution in [1.82, 2.24) is 5.32 Å². The summed E-state index contributed by atoms with van der Waals surface area (Å²) in [5.74, 6) is 1.55. The summed E-state index contributed by atoms with van der Waals surface area (Å²) < 4.78 is 0. The first-order valence-electron chi connectivity index (χ1n) is 5.08. The highest BCUT2D eigenvalue weighted by Gasteiger charge is 2.20. The zero-order valence-corrected chi connectivity index (χ0v) is 8.98. The Balaban J connectivity index is 0.000000561. The van der Waals surface area contributed by atoms with Crippen LogP contribution in [0.5, 0.6) is 0 Å². The second-order valence-electron chi connectivity index (χ2n) is 3.42. The van der Waals surface area contributed by atoms with Gasteiger partial charge < -0.3 is 5.32 Å². The van der Waals surface area contributed by atoms with Gasteiger partial charge >= 0.3 is 0 Å². The molecular formula is C11H23N. The Morgan fingerprint density at radius 1 is 1.42 bits per heavy atom. The van der Waals surface area contributed by atoms with E-state index in [0.29, 0.717) is 0 Å². The van der Waals surface area contributed by atoms with Crippen molar-refractivity contribution >= 4 is 0 Å². The Kier molecular flexibility index (Phi) is 6.09. The number of hydrogen-bond donors (Lipinski definition) is 1. The predicted molar refractivity (Wildman–Crippen MR) is 56.3 cm³/mol. The first kappa shape index (κ1) is 11.7. The summed E-state index contributed by atoms with van der Waals surface area (Å²) in [7, 11) is 0. The lowest BCUT2D eigenvalue weighted by atomic mass is 9.83. The van der Waals surface area contributed by atoms with E-state index in [4.69, 9.17) is 0 Å². The molecule has 2 atom stereocenters. The van der Waals surface area contributed by atoms with Crippen LogP contribution in [0.4, 0.5) is 0 Å². The number of nitrogens with one attached hydrogen (secondary N) is 1. The third-order valence-electron chi connectivity index (χ3n) is 2.42. The molecule has 1 aliphatic rings. The van der Waals surface area contributed by atoms with Gasteiger partial charge in [0.1, 0.15) is 0 Å². The largest absolute Gasteiger partial charge is 0.316 e. The van der Waals surface area contributed by atoms with E-state index in [9.17, 15) is 0 Å². The van der Waals surface area contributed by atoms with Crippen LogP contribution in [0.25, 0.3) is 0 Å². The first-order chi connectivity index (χ1) is 5.72. The van der Waals surface area contributed by atoms with Gasteiger partial charge in [0.25, 0.3) is 0 Å². The fourth-order valence-electron chi connectivity index (χ4n) is 1.75. The summed E-state index contributed by atoms with van der Waals surface area (Å²) >= 11 is 0. The summed E-state index contributed by atoms with van der Waals surface area (Å²) in [5, 5.41) is 3.38. The van der Waals surface area contributed by atoms with Gasteiger partial charge in [0.05, 0.1) is 0 Å². The smallest absolute Gasteiger partial charge is 0.00174 e. The quantitative estimate of drug-likeness (QED) is 0.595. The minimum absolute atomic E-state index is 0.765. The fourth-order valence-corrected chi connectivity index (χ4v) is 1.75. The minimum Gasteiger partial charge on any atom is -0.316 e. The molecular weight excluding hydrogens is 146 g/mol. The van der Waals surface area contributed by atoms with Gasteiger partial charge in [0, 0.05) is 0 Å². The lowest BCUT2D eigenvalue weighted by Crippen LogP contribution is -2.35. The van der Waals surface area contributed by atoms with E-state index < -0.39 is 0 Å². The number of piperidine rings is 1. The molecule has 0 aromatic heterocycles. The van der Waals surface area contributed by atoms with Crippen LogP contribution >= 0.6 is 0 Å². The molecule has 0 bridgehead atoms. The lowest BCUT2D eigenvalue weighted by Gasteiger charge is -2.29. The zero-order valence-electron chi connectivity index (χ0n) is 8.98. The standard InChI is InChI=1S/C9H17N.C2H6/c1-7(2)9-4-5-10-6-8(9)3;1-2/h8-10H,1,4-6H2,2-3H3;1-2H3. The second kappa shape index (κ2) is 6.24. The van der Waals surface area contributed by atoms with Crippen molar-refractivity contribution < 1.29 is 0 Å². The molecule has 0 spiro atoms. The average Bonchev–Trinajstić information content (AvgIpc) is 2.08. The summed E-state index contributed by atoms with van der Waals surface area (Å²) in [6.45, 7) is 14.8. The average molecular weight is 169 g/mol. The van der Waals surface area contributed by atoms with Gasteiger partial charge in [-0.25, -0.2) is 0 Å². The maximum atomic E-state index is 4.00. The van der Waals surface area contributed by atoms with E-state index in [1.165, 1.54) is 18.5 Å². The maximum absolute atomic E-state index is 4.00. The van der Waals surface area contributed by atoms with E-state index in [-0.39, 0.29) is 0 Å². The molecule has 0 radical (unpaired) electrons. The molecule has 2 unspecified atom stereocenters. The molecule has 1 saturated heterocycles. The number of hydrogen-bond acceptors (Lipinski definition) is 1. The predicted octanol–water partition coefficient (Wildman–Crippen LogP) is 2.83. The highest BCUT2D eigenvalue weighted by Crippen LogP contribution is 2.24. The van der Waals surface area contributed by atoms with Crippen LogP contribution in [0.15, 0.2) is 12.2 Å². The van der Waals surface area contributed by atoms with Gasteiger partial charge in [-0.05, 0) is 38.3 Å². The molecule has 0 aromatic carbocycles. The Labute approximate surface area is 77.2 Å². The molecule has 1 heterocycles. The van der Waals surface area contributed by atoms with Crippen LogP contribution in [0.2, 0.25) is 0 Å². The molecule has 1 nitrogen and oxygen atoms in total. The molecule has 0 aliphatic carbocycles. The Hall–Kier alpha value is -0.300.